The molecule has 0 saturated carbocycles. The number of hydrogen-bond donors (Lipinski definition) is 9. The van der Waals surface area contributed by atoms with Crippen LogP contribution in [0.1, 0.15) is 41.8 Å². The third-order valence-electron chi connectivity index (χ3n) is 8.39. The van der Waals surface area contributed by atoms with Gasteiger partial charge in [-0.15, -0.1) is 0 Å². The molecule has 2 heterocycles. The molecule has 6 amide bonds. The van der Waals surface area contributed by atoms with Crippen LogP contribution >= 0.6 is 0 Å². The first-order chi connectivity index (χ1) is 24.2. The van der Waals surface area contributed by atoms with Gasteiger partial charge in [-0.05, 0) is 29.7 Å². The van der Waals surface area contributed by atoms with Gasteiger partial charge in [-0.25, -0.2) is 0 Å². The number of benzene rings is 2. The monoisotopic (exact) mass is 703 g/mol. The summed E-state index contributed by atoms with van der Waals surface area (Å²) in [7, 11) is 1.37. The fourth-order valence-corrected chi connectivity index (χ4v) is 5.79. The number of nitrogens with two attached hydrogens (primary N) is 1. The molecule has 4 atom stereocenters. The summed E-state index contributed by atoms with van der Waals surface area (Å²) in [6.45, 7) is 2.23. The van der Waals surface area contributed by atoms with Crippen molar-refractivity contribution in [1.29, 1.82) is 5.41 Å². The van der Waals surface area contributed by atoms with Gasteiger partial charge in [0.05, 0.1) is 13.0 Å². The molecular weight excluding hydrogens is 662 g/mol. The van der Waals surface area contributed by atoms with Gasteiger partial charge in [0.1, 0.15) is 30.0 Å². The van der Waals surface area contributed by atoms with Crippen LogP contribution in [-0.2, 0) is 35.2 Å². The summed E-state index contributed by atoms with van der Waals surface area (Å²) in [5.41, 5.74) is 7.47. The van der Waals surface area contributed by atoms with Crippen LogP contribution in [0, 0.1) is 11.3 Å². The zero-order chi connectivity index (χ0) is 37.4. The van der Waals surface area contributed by atoms with Crippen LogP contribution in [0.5, 0.6) is 0 Å². The lowest BCUT2D eigenvalue weighted by Crippen LogP contribution is -2.60. The van der Waals surface area contributed by atoms with Crippen molar-refractivity contribution in [1.82, 2.24) is 36.5 Å². The third kappa shape index (κ3) is 9.46. The Labute approximate surface area is 292 Å². The summed E-state index contributed by atoms with van der Waals surface area (Å²) >= 11 is 0. The fourth-order valence-electron chi connectivity index (χ4n) is 5.79. The SMILES string of the molecule is CC(C)[C@H]1C(=O)NC(CNC(=O)c2ccc(C(=N)N)cc2)C(=O)NCC(=O)NC(CC(=O)O)C(=O)N[C@H](Cc2c[nH]c3ccccc23)C(=O)N1C. The van der Waals surface area contributed by atoms with E-state index in [1.54, 1.807) is 26.1 Å². The van der Waals surface area contributed by atoms with E-state index < -0.39 is 91.0 Å². The molecule has 1 aliphatic heterocycles. The molecule has 2 aromatic carbocycles. The van der Waals surface area contributed by atoms with Crippen LogP contribution in [0.15, 0.2) is 54.7 Å². The van der Waals surface area contributed by atoms with Crippen molar-refractivity contribution in [3.63, 3.8) is 0 Å². The van der Waals surface area contributed by atoms with Gasteiger partial charge in [0, 0.05) is 48.2 Å². The number of H-pyrrole nitrogens is 1. The van der Waals surface area contributed by atoms with E-state index in [-0.39, 0.29) is 17.8 Å². The predicted octanol–water partition coefficient (Wildman–Crippen LogP) is -1.03. The third-order valence-corrected chi connectivity index (χ3v) is 8.39. The zero-order valence-corrected chi connectivity index (χ0v) is 28.2. The number of carbonyl (C=O) groups excluding carboxylic acids is 6. The number of carboxylic acids is 1. The minimum Gasteiger partial charge on any atom is -0.481 e. The second kappa shape index (κ2) is 16.4. The summed E-state index contributed by atoms with van der Waals surface area (Å²) in [6.07, 6.45) is 0.795. The number of likely N-dealkylation sites (N-methyl/N-ethyl adjacent to an activating group) is 1. The number of aliphatic carboxylic acids is 1. The molecule has 0 radical (unpaired) electrons. The Bertz CT molecular complexity index is 1840. The largest absolute Gasteiger partial charge is 0.481 e. The number of hydrogen-bond acceptors (Lipinski definition) is 8. The van der Waals surface area contributed by atoms with E-state index in [0.717, 1.165) is 15.8 Å². The number of carbonyl (C=O) groups is 7. The van der Waals surface area contributed by atoms with E-state index in [4.69, 9.17) is 11.1 Å². The molecular formula is C34H41N9O8. The number of nitrogen functional groups attached to an aromatic ring is 1. The van der Waals surface area contributed by atoms with Crippen molar-refractivity contribution in [3.8, 4) is 0 Å². The first kappa shape index (κ1) is 37.6. The molecule has 3 aromatic rings. The normalized spacial score (nSPS) is 20.8. The molecule has 17 nitrogen and oxygen atoms in total. The van der Waals surface area contributed by atoms with Crippen molar-refractivity contribution in [3.05, 3.63) is 71.4 Å². The van der Waals surface area contributed by atoms with E-state index >= 15 is 0 Å². The Morgan fingerprint density at radius 1 is 0.922 bits per heavy atom. The van der Waals surface area contributed by atoms with Crippen molar-refractivity contribution >= 4 is 58.2 Å². The van der Waals surface area contributed by atoms with Crippen molar-refractivity contribution in [2.75, 3.05) is 20.1 Å². The average Bonchev–Trinajstić information content (AvgIpc) is 3.49. The van der Waals surface area contributed by atoms with Gasteiger partial charge < -0.3 is 47.3 Å². The van der Waals surface area contributed by atoms with E-state index in [0.29, 0.717) is 11.1 Å². The molecule has 10 N–H and O–H groups in total. The molecule has 1 aliphatic rings. The molecule has 17 heteroatoms. The fraction of sp³-hybridized carbons (Fsp3) is 0.353. The number of nitrogens with one attached hydrogen (secondary N) is 7. The highest BCUT2D eigenvalue weighted by Gasteiger charge is 2.38. The number of aromatic amines is 1. The van der Waals surface area contributed by atoms with Gasteiger partial charge in [-0.1, -0.05) is 44.2 Å². The summed E-state index contributed by atoms with van der Waals surface area (Å²) in [5, 5.41) is 30.2. The molecule has 0 aliphatic carbocycles. The Hall–Kier alpha value is -6.26. The van der Waals surface area contributed by atoms with Crippen LogP contribution in [-0.4, -0.2) is 107 Å². The maximum Gasteiger partial charge on any atom is 0.305 e. The number of carboxylic acid groups (broad SMARTS) is 1. The number of para-hydroxylation sites is 1. The molecule has 51 heavy (non-hydrogen) atoms. The van der Waals surface area contributed by atoms with Gasteiger partial charge in [0.25, 0.3) is 5.91 Å². The minimum atomic E-state index is -1.62. The first-order valence-corrected chi connectivity index (χ1v) is 16.1. The van der Waals surface area contributed by atoms with Crippen molar-refractivity contribution < 1.29 is 38.7 Å². The minimum absolute atomic E-state index is 0.0544. The molecule has 2 unspecified atom stereocenters. The highest BCUT2D eigenvalue weighted by molar-refractivity contribution is 6.00. The number of amides is 6. The van der Waals surface area contributed by atoms with Gasteiger partial charge in [-0.2, -0.15) is 0 Å². The topological polar surface area (TPSA) is 269 Å². The number of amidine groups is 1. The van der Waals surface area contributed by atoms with Crippen LogP contribution in [0.3, 0.4) is 0 Å². The molecule has 4 rings (SSSR count). The van der Waals surface area contributed by atoms with Crippen LogP contribution < -0.4 is 32.3 Å². The maximum atomic E-state index is 14.2. The predicted molar refractivity (Wildman–Crippen MR) is 184 cm³/mol. The number of nitrogens with zero attached hydrogens (tertiary/aromatic N) is 1. The van der Waals surface area contributed by atoms with Crippen LogP contribution in [0.2, 0.25) is 0 Å². The average molecular weight is 704 g/mol. The van der Waals surface area contributed by atoms with E-state index in [1.807, 2.05) is 18.2 Å². The molecule has 0 bridgehead atoms. The summed E-state index contributed by atoms with van der Waals surface area (Å²) in [5.74, 6) is -6.93. The molecule has 1 saturated heterocycles. The Kier molecular flexibility index (Phi) is 12.1. The number of aromatic nitrogens is 1. The molecule has 0 spiro atoms. The quantitative estimate of drug-likeness (QED) is 0.0972. The standard InChI is InChI=1S/C34H41N9O8/c1-17(2)28-33(50)42-25(15-38-30(47)19-10-8-18(9-11-19)29(35)36)31(48)39-16-26(44)40-23(13-27(45)46)32(49)41-24(34(51)43(28)3)12-20-14-37-22-7-5-4-6-21(20)22/h4-11,14,17,23-25,28,37H,12-13,15-16H2,1-3H3,(H3,35,36)(H,38,47)(H,39,48)(H,40,44)(H,41,49)(H,42,50)(H,45,46)/t23?,24-,25?,28+/m1/s1. The first-order valence-electron chi connectivity index (χ1n) is 16.1. The van der Waals surface area contributed by atoms with Crippen LogP contribution in [0.4, 0.5) is 0 Å². The Morgan fingerprint density at radius 2 is 1.57 bits per heavy atom. The molecule has 270 valence electrons. The maximum absolute atomic E-state index is 14.2. The zero-order valence-electron chi connectivity index (χ0n) is 28.2. The number of rotatable bonds is 9. The lowest BCUT2D eigenvalue weighted by atomic mass is 9.98. The van der Waals surface area contributed by atoms with E-state index in [9.17, 15) is 38.7 Å². The van der Waals surface area contributed by atoms with Gasteiger partial charge in [0.2, 0.25) is 29.5 Å². The van der Waals surface area contributed by atoms with Crippen molar-refractivity contribution in [2.24, 2.45) is 11.7 Å². The highest BCUT2D eigenvalue weighted by Crippen LogP contribution is 2.21. The summed E-state index contributed by atoms with van der Waals surface area (Å²) < 4.78 is 0. The van der Waals surface area contributed by atoms with Gasteiger partial charge in [0.15, 0.2) is 0 Å². The highest BCUT2D eigenvalue weighted by atomic mass is 16.4. The number of fused-ring (bicyclic) bond motifs is 1. The van der Waals surface area contributed by atoms with E-state index in [1.165, 1.54) is 31.3 Å². The van der Waals surface area contributed by atoms with Gasteiger partial charge >= 0.3 is 5.97 Å². The van der Waals surface area contributed by atoms with E-state index in [2.05, 4.69) is 31.6 Å². The second-order valence-corrected chi connectivity index (χ2v) is 12.5. The summed E-state index contributed by atoms with van der Waals surface area (Å²) in [6, 6.07) is 7.54. The lowest BCUT2D eigenvalue weighted by Gasteiger charge is -2.34. The summed E-state index contributed by atoms with van der Waals surface area (Å²) in [4.78, 5) is 96.7. The molecule has 1 fully saturated rings. The van der Waals surface area contributed by atoms with Crippen LogP contribution in [0.25, 0.3) is 10.9 Å². The molecule has 1 aromatic heterocycles. The second-order valence-electron chi connectivity index (χ2n) is 12.5. The lowest BCUT2D eigenvalue weighted by molar-refractivity contribution is -0.144. The van der Waals surface area contributed by atoms with Crippen molar-refractivity contribution in [2.45, 2.75) is 50.9 Å². The Morgan fingerprint density at radius 3 is 2.22 bits per heavy atom. The smallest absolute Gasteiger partial charge is 0.305 e. The van der Waals surface area contributed by atoms with Gasteiger partial charge in [-0.3, -0.25) is 39.0 Å². The Balaban J connectivity index is 1.67.